The molecule has 0 N–H and O–H groups in total. The van der Waals surface area contributed by atoms with Crippen LogP contribution in [0.4, 0.5) is 0 Å². The van der Waals surface area contributed by atoms with Crippen molar-refractivity contribution < 1.29 is 13.7 Å². The number of aryl methyl sites for hydroxylation is 3. The van der Waals surface area contributed by atoms with E-state index in [2.05, 4.69) is 19.0 Å². The number of carbonyl (C=O) groups excluding carboxylic acids is 1. The van der Waals surface area contributed by atoms with Crippen molar-refractivity contribution in [2.75, 3.05) is 6.54 Å². The van der Waals surface area contributed by atoms with Crippen LogP contribution in [0.3, 0.4) is 0 Å². The van der Waals surface area contributed by atoms with Crippen LogP contribution in [0.25, 0.3) is 0 Å². The summed E-state index contributed by atoms with van der Waals surface area (Å²) in [6.45, 7) is 8.84. The van der Waals surface area contributed by atoms with E-state index in [-0.39, 0.29) is 11.9 Å². The second-order valence-electron chi connectivity index (χ2n) is 6.87. The van der Waals surface area contributed by atoms with Crippen LogP contribution in [-0.2, 0) is 17.6 Å². The van der Waals surface area contributed by atoms with Gasteiger partial charge in [0.25, 0.3) is 0 Å². The Labute approximate surface area is 143 Å². The van der Waals surface area contributed by atoms with Gasteiger partial charge in [0.05, 0.1) is 18.2 Å². The summed E-state index contributed by atoms with van der Waals surface area (Å²) >= 11 is 0. The lowest BCUT2D eigenvalue weighted by atomic mass is 9.90. The summed E-state index contributed by atoms with van der Waals surface area (Å²) < 4.78 is 11.1. The minimum atomic E-state index is 0.0297. The molecule has 1 saturated heterocycles. The van der Waals surface area contributed by atoms with E-state index < -0.39 is 0 Å². The first kappa shape index (κ1) is 16.8. The highest BCUT2D eigenvalue weighted by molar-refractivity contribution is 5.79. The monoisotopic (exact) mass is 330 g/mol. The topological polar surface area (TPSA) is 59.5 Å². The van der Waals surface area contributed by atoms with Crippen molar-refractivity contribution in [2.24, 2.45) is 5.92 Å². The summed E-state index contributed by atoms with van der Waals surface area (Å²) in [4.78, 5) is 14.9. The van der Waals surface area contributed by atoms with Gasteiger partial charge in [0, 0.05) is 18.5 Å². The normalized spacial score (nSPS) is 21.2. The van der Waals surface area contributed by atoms with E-state index in [0.29, 0.717) is 12.3 Å². The van der Waals surface area contributed by atoms with Crippen molar-refractivity contribution in [3.8, 4) is 0 Å². The smallest absolute Gasteiger partial charge is 0.227 e. The summed E-state index contributed by atoms with van der Waals surface area (Å²) in [6, 6.07) is 4.07. The Balaban J connectivity index is 1.82. The van der Waals surface area contributed by atoms with Gasteiger partial charge in [-0.1, -0.05) is 19.0 Å². The van der Waals surface area contributed by atoms with Crippen LogP contribution in [0.15, 0.2) is 21.1 Å². The Morgan fingerprint density at radius 3 is 2.79 bits per heavy atom. The fourth-order valence-corrected chi connectivity index (χ4v) is 3.48. The quantitative estimate of drug-likeness (QED) is 0.850. The van der Waals surface area contributed by atoms with Crippen molar-refractivity contribution in [3.63, 3.8) is 0 Å². The molecular formula is C19H26N2O3. The van der Waals surface area contributed by atoms with Gasteiger partial charge in [-0.15, -0.1) is 0 Å². The van der Waals surface area contributed by atoms with Gasteiger partial charge in [0.1, 0.15) is 17.3 Å². The second kappa shape index (κ2) is 6.83. The Bertz CT molecular complexity index is 697. The number of nitrogens with zero attached hydrogens (tertiary/aromatic N) is 2. The van der Waals surface area contributed by atoms with Gasteiger partial charge in [-0.25, -0.2) is 0 Å². The zero-order chi connectivity index (χ0) is 17.3. The summed E-state index contributed by atoms with van der Waals surface area (Å²) in [7, 11) is 0. The SMILES string of the molecule is CCc1ccc([C@@H]2C[C@H](C)CCN2C(=O)Cc2c(C)noc2C)o1. The molecule has 1 fully saturated rings. The molecule has 1 aliphatic rings. The molecule has 1 amide bonds. The Hall–Kier alpha value is -2.04. The number of aromatic nitrogens is 1. The van der Waals surface area contributed by atoms with Crippen LogP contribution in [0.2, 0.25) is 0 Å². The van der Waals surface area contributed by atoms with Crippen LogP contribution in [-0.4, -0.2) is 22.5 Å². The van der Waals surface area contributed by atoms with E-state index >= 15 is 0 Å². The van der Waals surface area contributed by atoms with Crippen molar-refractivity contribution >= 4 is 5.91 Å². The van der Waals surface area contributed by atoms with Crippen molar-refractivity contribution in [2.45, 2.75) is 59.4 Å². The third-order valence-electron chi connectivity index (χ3n) is 5.05. The van der Waals surface area contributed by atoms with Gasteiger partial charge in [0.2, 0.25) is 5.91 Å². The average molecular weight is 330 g/mol. The number of carbonyl (C=O) groups is 1. The maximum Gasteiger partial charge on any atom is 0.227 e. The molecule has 24 heavy (non-hydrogen) atoms. The summed E-state index contributed by atoms with van der Waals surface area (Å²) in [6.07, 6.45) is 3.19. The van der Waals surface area contributed by atoms with Crippen LogP contribution in [0.1, 0.15) is 61.3 Å². The van der Waals surface area contributed by atoms with Crippen molar-refractivity contribution in [3.05, 3.63) is 40.7 Å². The molecule has 0 bridgehead atoms. The Kier molecular flexibility index (Phi) is 4.78. The highest BCUT2D eigenvalue weighted by Gasteiger charge is 2.33. The molecule has 3 rings (SSSR count). The van der Waals surface area contributed by atoms with Gasteiger partial charge in [0.15, 0.2) is 0 Å². The van der Waals surface area contributed by atoms with Crippen molar-refractivity contribution in [1.82, 2.24) is 10.1 Å². The fraction of sp³-hybridized carbons (Fsp3) is 0.579. The van der Waals surface area contributed by atoms with Crippen LogP contribution in [0.5, 0.6) is 0 Å². The minimum Gasteiger partial charge on any atom is -0.464 e. The number of furan rings is 1. The molecule has 2 aromatic heterocycles. The van der Waals surface area contributed by atoms with Gasteiger partial charge < -0.3 is 13.8 Å². The summed E-state index contributed by atoms with van der Waals surface area (Å²) in [5.41, 5.74) is 1.71. The maximum absolute atomic E-state index is 13.0. The molecule has 130 valence electrons. The van der Waals surface area contributed by atoms with Crippen LogP contribution in [0, 0.1) is 19.8 Å². The van der Waals surface area contributed by atoms with E-state index in [1.54, 1.807) is 0 Å². The van der Waals surface area contributed by atoms with Crippen LogP contribution >= 0.6 is 0 Å². The molecule has 0 radical (unpaired) electrons. The predicted octanol–water partition coefficient (Wildman–Crippen LogP) is 3.99. The van der Waals surface area contributed by atoms with Gasteiger partial charge in [-0.2, -0.15) is 0 Å². The lowest BCUT2D eigenvalue weighted by Gasteiger charge is -2.37. The molecule has 0 saturated carbocycles. The lowest BCUT2D eigenvalue weighted by molar-refractivity contribution is -0.135. The highest BCUT2D eigenvalue weighted by Crippen LogP contribution is 2.35. The number of amides is 1. The zero-order valence-corrected chi connectivity index (χ0v) is 15.0. The number of hydrogen-bond acceptors (Lipinski definition) is 4. The van der Waals surface area contributed by atoms with E-state index in [9.17, 15) is 4.79 Å². The molecular weight excluding hydrogens is 304 g/mol. The molecule has 0 aliphatic carbocycles. The molecule has 2 atom stereocenters. The van der Waals surface area contributed by atoms with E-state index in [1.807, 2.05) is 30.9 Å². The zero-order valence-electron chi connectivity index (χ0n) is 15.0. The lowest BCUT2D eigenvalue weighted by Crippen LogP contribution is -2.41. The second-order valence-corrected chi connectivity index (χ2v) is 6.87. The van der Waals surface area contributed by atoms with E-state index in [0.717, 1.165) is 54.3 Å². The number of piperidine rings is 1. The van der Waals surface area contributed by atoms with Gasteiger partial charge in [-0.3, -0.25) is 4.79 Å². The summed E-state index contributed by atoms with van der Waals surface area (Å²) in [5, 5.41) is 3.95. The molecule has 5 heteroatoms. The van der Waals surface area contributed by atoms with E-state index in [1.165, 1.54) is 0 Å². The highest BCUT2D eigenvalue weighted by atomic mass is 16.5. The molecule has 0 aromatic carbocycles. The molecule has 0 unspecified atom stereocenters. The number of rotatable bonds is 4. The van der Waals surface area contributed by atoms with Crippen LogP contribution < -0.4 is 0 Å². The summed E-state index contributed by atoms with van der Waals surface area (Å²) in [5.74, 6) is 3.32. The molecule has 2 aromatic rings. The van der Waals surface area contributed by atoms with Crippen molar-refractivity contribution in [1.29, 1.82) is 0 Å². The molecule has 3 heterocycles. The first-order chi connectivity index (χ1) is 11.5. The molecule has 5 nitrogen and oxygen atoms in total. The molecule has 1 aliphatic heterocycles. The fourth-order valence-electron chi connectivity index (χ4n) is 3.48. The maximum atomic E-state index is 13.0. The van der Waals surface area contributed by atoms with E-state index in [4.69, 9.17) is 8.94 Å². The number of hydrogen-bond donors (Lipinski definition) is 0. The Morgan fingerprint density at radius 1 is 1.38 bits per heavy atom. The first-order valence-corrected chi connectivity index (χ1v) is 8.79. The van der Waals surface area contributed by atoms with Gasteiger partial charge >= 0.3 is 0 Å². The first-order valence-electron chi connectivity index (χ1n) is 8.79. The minimum absolute atomic E-state index is 0.0297. The standard InChI is InChI=1S/C19H26N2O3/c1-5-15-6-7-18(23-15)17-10-12(2)8-9-21(17)19(22)11-16-13(3)20-24-14(16)4/h6-7,12,17H,5,8-11H2,1-4H3/t12-,17+/m1/s1. The largest absolute Gasteiger partial charge is 0.464 e. The Morgan fingerprint density at radius 2 is 2.17 bits per heavy atom. The average Bonchev–Trinajstić information content (AvgIpc) is 3.16. The third kappa shape index (κ3) is 3.25. The van der Waals surface area contributed by atoms with Gasteiger partial charge in [-0.05, 0) is 44.7 Å². The number of likely N-dealkylation sites (tertiary alicyclic amines) is 1. The molecule has 0 spiro atoms. The predicted molar refractivity (Wildman–Crippen MR) is 90.6 cm³/mol. The third-order valence-corrected chi connectivity index (χ3v) is 5.05.